The van der Waals surface area contributed by atoms with Crippen LogP contribution in [0.25, 0.3) is 0 Å². The van der Waals surface area contributed by atoms with Crippen molar-refractivity contribution in [2.24, 2.45) is 0 Å². The van der Waals surface area contributed by atoms with Gasteiger partial charge in [-0.2, -0.15) is 0 Å². The molecule has 48 valence electrons. The lowest BCUT2D eigenvalue weighted by Gasteiger charge is -1.82. The average Bonchev–Trinajstić information content (AvgIpc) is 2.37. The van der Waals surface area contributed by atoms with E-state index in [0.29, 0.717) is 5.76 Å². The number of carbonyl (C=O) groups excluding carboxylic acids is 1. The van der Waals surface area contributed by atoms with Crippen molar-refractivity contribution in [3.63, 3.8) is 0 Å². The third kappa shape index (κ3) is 1.44. The minimum absolute atomic E-state index is 0.190. The number of carbonyl (C=O) groups is 1. The van der Waals surface area contributed by atoms with E-state index in [0.717, 1.165) is 0 Å². The first kappa shape index (κ1) is 6.60. The van der Waals surface area contributed by atoms with Crippen LogP contribution in [0, 0.1) is 0 Å². The topological polar surface area (TPSA) is 42.2 Å². The molecule has 1 heterocycles. The number of furan rings is 1. The van der Waals surface area contributed by atoms with Gasteiger partial charge in [0.25, 0.3) is 0 Å². The largest absolute Gasteiger partial charge is 0.459 e. The Hall–Kier alpha value is -0.520. The van der Waals surface area contributed by atoms with Crippen LogP contribution in [-0.2, 0) is 0 Å². The summed E-state index contributed by atoms with van der Waals surface area (Å²) in [5, 5.41) is 0. The number of hydrogen-bond acceptors (Lipinski definition) is 2. The quantitative estimate of drug-likeness (QED) is 0.424. The molecule has 1 N–H and O–H groups in total. The highest BCUT2D eigenvalue weighted by Crippen LogP contribution is 1.96. The number of halogens is 1. The van der Waals surface area contributed by atoms with Gasteiger partial charge < -0.3 is 4.42 Å². The molecule has 0 aromatic carbocycles. The average molecular weight is 238 g/mol. The Labute approximate surface area is 65.9 Å². The predicted molar refractivity (Wildman–Crippen MR) is 27.6 cm³/mol. The van der Waals surface area contributed by atoms with Crippen LogP contribution >= 0.6 is 0 Å². The molecule has 1 aromatic heterocycles. The normalized spacial score (nSPS) is 9.00. The van der Waals surface area contributed by atoms with Crippen LogP contribution < -0.4 is 26.4 Å². The van der Waals surface area contributed by atoms with Crippen molar-refractivity contribution in [2.75, 3.05) is 0 Å². The zero-order valence-corrected chi connectivity index (χ0v) is 6.79. The second-order valence-corrected chi connectivity index (χ2v) is 1.99. The summed E-state index contributed by atoms with van der Waals surface area (Å²) in [5.41, 5.74) is 0. The Morgan fingerprint density at radius 2 is 2.56 bits per heavy atom. The van der Waals surface area contributed by atoms with Crippen LogP contribution in [0.2, 0.25) is 0 Å². The van der Waals surface area contributed by atoms with Crippen molar-refractivity contribution in [2.45, 2.75) is 0 Å². The fourth-order valence-electron chi connectivity index (χ4n) is 0.458. The molecule has 0 unspecified atom stereocenters. The standard InChI is InChI=1S/C5H4INO2/c6-7-5(8)4-2-1-3-9-4/h1-3,6H/p+1. The van der Waals surface area contributed by atoms with Crippen molar-refractivity contribution in [3.8, 4) is 0 Å². The third-order valence-corrected chi connectivity index (χ3v) is 1.37. The summed E-state index contributed by atoms with van der Waals surface area (Å²) in [4.78, 5) is 10.7. The molecule has 0 aliphatic heterocycles. The van der Waals surface area contributed by atoms with E-state index in [1.54, 1.807) is 12.1 Å². The minimum atomic E-state index is -0.190. The summed E-state index contributed by atoms with van der Waals surface area (Å²) in [7, 11) is 0. The van der Waals surface area contributed by atoms with Gasteiger partial charge in [-0.15, -0.1) is 3.53 Å². The molecule has 0 bridgehead atoms. The van der Waals surface area contributed by atoms with Crippen molar-refractivity contribution in [1.29, 1.82) is 0 Å². The monoisotopic (exact) mass is 238 g/mol. The molecule has 0 spiro atoms. The Kier molecular flexibility index (Phi) is 2.10. The fourth-order valence-corrected chi connectivity index (χ4v) is 0.745. The molecular formula is C5H5INO2+. The molecule has 9 heavy (non-hydrogen) atoms. The molecule has 0 saturated heterocycles. The van der Waals surface area contributed by atoms with Crippen molar-refractivity contribution < 1.29 is 32.1 Å². The number of rotatable bonds is 1. The fraction of sp³-hybridized carbons (Fsp3) is 0. The molecule has 0 aliphatic rings. The minimum Gasteiger partial charge on any atom is -0.459 e. The summed E-state index contributed by atoms with van der Waals surface area (Å²) in [6, 6.07) is 3.28. The van der Waals surface area contributed by atoms with Gasteiger partial charge in [-0.3, -0.25) is 4.79 Å². The van der Waals surface area contributed by atoms with E-state index in [4.69, 9.17) is 4.42 Å². The summed E-state index contributed by atoms with van der Waals surface area (Å²) >= 11 is 1.50. The van der Waals surface area contributed by atoms with Gasteiger partial charge in [-0.1, -0.05) is 0 Å². The van der Waals surface area contributed by atoms with E-state index >= 15 is 0 Å². The molecule has 1 rings (SSSR count). The Bertz CT molecular complexity index is 195. The van der Waals surface area contributed by atoms with Gasteiger partial charge in [-0.25, -0.2) is 0 Å². The van der Waals surface area contributed by atoms with Crippen LogP contribution in [0.3, 0.4) is 0 Å². The molecule has 1 aromatic rings. The van der Waals surface area contributed by atoms with Crippen LogP contribution in [0.4, 0.5) is 0 Å². The van der Waals surface area contributed by atoms with Gasteiger partial charge in [0.1, 0.15) is 0 Å². The van der Waals surface area contributed by atoms with Crippen molar-refractivity contribution in [3.05, 3.63) is 24.2 Å². The van der Waals surface area contributed by atoms with Gasteiger partial charge >= 0.3 is 28.8 Å². The maximum atomic E-state index is 10.7. The molecule has 0 radical (unpaired) electrons. The van der Waals surface area contributed by atoms with Crippen LogP contribution in [0.5, 0.6) is 0 Å². The third-order valence-electron chi connectivity index (χ3n) is 0.838. The number of amides is 1. The summed E-state index contributed by atoms with van der Waals surface area (Å²) < 4.78 is 7.22. The molecule has 3 nitrogen and oxygen atoms in total. The Morgan fingerprint density at radius 3 is 3.00 bits per heavy atom. The van der Waals surface area contributed by atoms with E-state index in [9.17, 15) is 4.79 Å². The van der Waals surface area contributed by atoms with Gasteiger partial charge in [0.15, 0.2) is 5.76 Å². The summed E-state index contributed by atoms with van der Waals surface area (Å²) in [5.74, 6) is 0.157. The van der Waals surface area contributed by atoms with Crippen LogP contribution in [0.15, 0.2) is 22.8 Å². The lowest BCUT2D eigenvalue weighted by atomic mass is 10.4. The lowest BCUT2D eigenvalue weighted by molar-refractivity contribution is -0.423. The lowest BCUT2D eigenvalue weighted by Crippen LogP contribution is -3.42. The van der Waals surface area contributed by atoms with Crippen LogP contribution in [0.1, 0.15) is 10.6 Å². The second-order valence-electron chi connectivity index (χ2n) is 1.41. The molecule has 1 amide bonds. The van der Waals surface area contributed by atoms with E-state index in [1.165, 1.54) is 29.1 Å². The highest BCUT2D eigenvalue weighted by atomic mass is 127. The first-order valence-electron chi connectivity index (χ1n) is 2.30. The molecule has 0 fully saturated rings. The number of nitrogens with one attached hydrogen (secondary N) is 1. The molecule has 0 saturated carbocycles. The Morgan fingerprint density at radius 1 is 1.78 bits per heavy atom. The molecule has 0 atom stereocenters. The van der Waals surface area contributed by atoms with Gasteiger partial charge in [0, 0.05) is 0 Å². The van der Waals surface area contributed by atoms with Crippen LogP contribution in [-0.4, -0.2) is 5.91 Å². The first-order chi connectivity index (χ1) is 4.34. The Balaban J connectivity index is 2.77. The van der Waals surface area contributed by atoms with E-state index < -0.39 is 0 Å². The summed E-state index contributed by atoms with van der Waals surface area (Å²) in [6.45, 7) is 0. The zero-order chi connectivity index (χ0) is 6.69. The zero-order valence-electron chi connectivity index (χ0n) is 4.46. The highest BCUT2D eigenvalue weighted by Gasteiger charge is 2.07. The molecule has 4 heteroatoms. The highest BCUT2D eigenvalue weighted by molar-refractivity contribution is 5.90. The maximum absolute atomic E-state index is 10.7. The van der Waals surface area contributed by atoms with Crippen molar-refractivity contribution >= 4 is 5.91 Å². The maximum Gasteiger partial charge on any atom is 0.404 e. The molecule has 0 aliphatic carbocycles. The van der Waals surface area contributed by atoms with E-state index in [-0.39, 0.29) is 5.91 Å². The first-order valence-corrected chi connectivity index (χ1v) is 3.47. The predicted octanol–water partition coefficient (Wildman–Crippen LogP) is -2.79. The van der Waals surface area contributed by atoms with Crippen molar-refractivity contribution in [1.82, 2.24) is 3.53 Å². The van der Waals surface area contributed by atoms with E-state index in [1.807, 2.05) is 0 Å². The van der Waals surface area contributed by atoms with Gasteiger partial charge in [-0.05, 0) is 12.1 Å². The molecular weight excluding hydrogens is 233 g/mol. The SMILES string of the molecule is O=C(N[IH+])c1ccco1. The second kappa shape index (κ2) is 2.86. The van der Waals surface area contributed by atoms with E-state index in [2.05, 4.69) is 3.53 Å². The smallest absolute Gasteiger partial charge is 0.404 e. The number of hydrogen-bond donors (Lipinski definition) is 1. The van der Waals surface area contributed by atoms with Gasteiger partial charge in [0.05, 0.1) is 6.26 Å². The summed E-state index contributed by atoms with van der Waals surface area (Å²) in [6.07, 6.45) is 1.46. The van der Waals surface area contributed by atoms with Gasteiger partial charge in [0.2, 0.25) is 0 Å².